The lowest BCUT2D eigenvalue weighted by atomic mass is 9.54. The van der Waals surface area contributed by atoms with Crippen LogP contribution in [0, 0.1) is 29.1 Å². The number of carbonyl (C=O) groups excluding carboxylic acids is 2. The van der Waals surface area contributed by atoms with Gasteiger partial charge in [0.25, 0.3) is 0 Å². The van der Waals surface area contributed by atoms with Crippen LogP contribution in [0.5, 0.6) is 0 Å². The normalized spacial score (nSPS) is 31.2. The maximum atomic E-state index is 13.3. The Balaban J connectivity index is 1.23. The van der Waals surface area contributed by atoms with Crippen molar-refractivity contribution in [3.63, 3.8) is 0 Å². The Bertz CT molecular complexity index is 1100. The minimum Gasteiger partial charge on any atom is -0.354 e. The molecule has 3 saturated carbocycles. The van der Waals surface area contributed by atoms with Crippen LogP contribution in [-0.4, -0.2) is 29.4 Å². The second-order valence-corrected chi connectivity index (χ2v) is 12.2. The molecule has 3 fully saturated rings. The van der Waals surface area contributed by atoms with Gasteiger partial charge in [0.2, 0.25) is 11.8 Å². The van der Waals surface area contributed by atoms with Crippen molar-refractivity contribution < 1.29 is 9.59 Å². The standard InChI is InChI=1S/C29H37ClN4O2/c1-18-13-19-14-20(16-28(2,15-19)26(35)34-23-7-11-32-12-8-23)25(18)24(31)17-33-27(36)29(9-10-29)21-3-5-22(30)6-4-21/h3-8,11-12,18-20,24-25H,9-10,13-17,31H2,1-2H3,(H,33,36)(H,32,34,35). The molecule has 3 aliphatic carbocycles. The van der Waals surface area contributed by atoms with Gasteiger partial charge >= 0.3 is 0 Å². The highest BCUT2D eigenvalue weighted by atomic mass is 35.5. The zero-order chi connectivity index (χ0) is 25.5. The lowest BCUT2D eigenvalue weighted by molar-refractivity contribution is -0.131. The van der Waals surface area contributed by atoms with Crippen LogP contribution in [0.3, 0.4) is 0 Å². The van der Waals surface area contributed by atoms with Gasteiger partial charge < -0.3 is 16.4 Å². The number of halogens is 1. The summed E-state index contributed by atoms with van der Waals surface area (Å²) in [6.07, 6.45) is 9.02. The molecular formula is C29H37ClN4O2. The first-order valence-electron chi connectivity index (χ1n) is 13.2. The van der Waals surface area contributed by atoms with Crippen LogP contribution >= 0.6 is 11.6 Å². The van der Waals surface area contributed by atoms with E-state index in [9.17, 15) is 9.59 Å². The smallest absolute Gasteiger partial charge is 0.230 e. The predicted octanol–water partition coefficient (Wildman–Crippen LogP) is 4.93. The molecule has 0 radical (unpaired) electrons. The fourth-order valence-electron chi connectivity index (χ4n) is 7.25. The Morgan fingerprint density at radius 1 is 1.08 bits per heavy atom. The Morgan fingerprint density at radius 2 is 1.78 bits per heavy atom. The molecule has 1 aromatic carbocycles. The monoisotopic (exact) mass is 508 g/mol. The number of hydrogen-bond donors (Lipinski definition) is 3. The molecule has 0 aliphatic heterocycles. The summed E-state index contributed by atoms with van der Waals surface area (Å²) in [6, 6.07) is 11.1. The van der Waals surface area contributed by atoms with Crippen LogP contribution in [0.2, 0.25) is 5.02 Å². The molecule has 0 spiro atoms. The number of nitrogens with two attached hydrogens (primary N) is 1. The summed E-state index contributed by atoms with van der Waals surface area (Å²) in [7, 11) is 0. The van der Waals surface area contributed by atoms with E-state index in [4.69, 9.17) is 17.3 Å². The van der Waals surface area contributed by atoms with E-state index in [-0.39, 0.29) is 23.8 Å². The van der Waals surface area contributed by atoms with Gasteiger partial charge in [-0.3, -0.25) is 14.6 Å². The maximum Gasteiger partial charge on any atom is 0.230 e. The van der Waals surface area contributed by atoms with Crippen molar-refractivity contribution in [2.24, 2.45) is 34.8 Å². The minimum atomic E-state index is -0.442. The summed E-state index contributed by atoms with van der Waals surface area (Å²) in [5.41, 5.74) is 7.73. The van der Waals surface area contributed by atoms with Crippen LogP contribution in [0.1, 0.15) is 57.9 Å². The summed E-state index contributed by atoms with van der Waals surface area (Å²) in [4.78, 5) is 30.6. The number of benzene rings is 1. The maximum absolute atomic E-state index is 13.3. The number of fused-ring (bicyclic) bond motifs is 2. The molecule has 6 unspecified atom stereocenters. The first kappa shape index (κ1) is 25.2. The molecule has 6 atom stereocenters. The Kier molecular flexibility index (Phi) is 6.86. The molecule has 2 amide bonds. The van der Waals surface area contributed by atoms with Crippen molar-refractivity contribution >= 4 is 29.1 Å². The van der Waals surface area contributed by atoms with Crippen LogP contribution in [0.4, 0.5) is 5.69 Å². The number of carbonyl (C=O) groups is 2. The highest BCUT2D eigenvalue weighted by molar-refractivity contribution is 6.30. The van der Waals surface area contributed by atoms with E-state index in [1.165, 1.54) is 0 Å². The quantitative estimate of drug-likeness (QED) is 0.494. The van der Waals surface area contributed by atoms with Gasteiger partial charge in [-0.2, -0.15) is 0 Å². The summed E-state index contributed by atoms with van der Waals surface area (Å²) in [6.45, 7) is 4.86. The lowest BCUT2D eigenvalue weighted by Gasteiger charge is -2.51. The summed E-state index contributed by atoms with van der Waals surface area (Å²) < 4.78 is 0. The number of anilines is 1. The zero-order valence-electron chi connectivity index (χ0n) is 21.2. The third-order valence-corrected chi connectivity index (χ3v) is 9.31. The third kappa shape index (κ3) is 4.90. The molecule has 6 nitrogen and oxygen atoms in total. The largest absolute Gasteiger partial charge is 0.354 e. The van der Waals surface area contributed by atoms with Gasteiger partial charge in [0.15, 0.2) is 0 Å². The molecule has 2 aromatic rings. The van der Waals surface area contributed by atoms with Gasteiger partial charge in [0.1, 0.15) is 0 Å². The fourth-order valence-corrected chi connectivity index (χ4v) is 7.37. The van der Waals surface area contributed by atoms with E-state index in [0.717, 1.165) is 49.8 Å². The molecule has 5 rings (SSSR count). The van der Waals surface area contributed by atoms with Crippen molar-refractivity contribution in [3.05, 3.63) is 59.4 Å². The number of rotatable bonds is 7. The molecular weight excluding hydrogens is 472 g/mol. The topological polar surface area (TPSA) is 97.1 Å². The highest BCUT2D eigenvalue weighted by Crippen LogP contribution is 2.54. The zero-order valence-corrected chi connectivity index (χ0v) is 21.9. The van der Waals surface area contributed by atoms with Crippen molar-refractivity contribution in [3.8, 4) is 0 Å². The van der Waals surface area contributed by atoms with Gasteiger partial charge in [0.05, 0.1) is 5.41 Å². The van der Waals surface area contributed by atoms with Gasteiger partial charge in [-0.25, -0.2) is 0 Å². The van der Waals surface area contributed by atoms with Crippen LogP contribution in [0.15, 0.2) is 48.8 Å². The molecule has 4 N–H and O–H groups in total. The molecule has 0 saturated heterocycles. The molecule has 1 heterocycles. The molecule has 1 aromatic heterocycles. The van der Waals surface area contributed by atoms with E-state index in [1.54, 1.807) is 12.4 Å². The molecule has 7 heteroatoms. The number of pyridine rings is 1. The number of amides is 2. The van der Waals surface area contributed by atoms with E-state index in [0.29, 0.717) is 29.3 Å². The van der Waals surface area contributed by atoms with E-state index < -0.39 is 10.8 Å². The van der Waals surface area contributed by atoms with Crippen LogP contribution in [-0.2, 0) is 15.0 Å². The van der Waals surface area contributed by atoms with Crippen LogP contribution < -0.4 is 16.4 Å². The molecule has 2 bridgehead atoms. The number of hydrogen-bond acceptors (Lipinski definition) is 4. The Labute approximate surface area is 218 Å². The van der Waals surface area contributed by atoms with Gasteiger partial charge in [-0.05, 0) is 92.0 Å². The van der Waals surface area contributed by atoms with Crippen LogP contribution in [0.25, 0.3) is 0 Å². The van der Waals surface area contributed by atoms with E-state index >= 15 is 0 Å². The number of nitrogens with zero attached hydrogens (tertiary/aromatic N) is 1. The van der Waals surface area contributed by atoms with Gasteiger partial charge in [-0.1, -0.05) is 37.6 Å². The van der Waals surface area contributed by atoms with Crippen molar-refractivity contribution in [1.29, 1.82) is 0 Å². The second-order valence-electron chi connectivity index (χ2n) is 11.8. The lowest BCUT2D eigenvalue weighted by Crippen LogP contribution is -2.54. The SMILES string of the molecule is CC1CC2CC(CC(C)(C(=O)Nc3ccncc3)C2)C1C(N)CNC(=O)C1(c2ccc(Cl)cc2)CC1. The summed E-state index contributed by atoms with van der Waals surface area (Å²) in [5.74, 6) is 1.80. The Morgan fingerprint density at radius 3 is 2.44 bits per heavy atom. The van der Waals surface area contributed by atoms with Gasteiger partial charge in [-0.15, -0.1) is 0 Å². The first-order chi connectivity index (χ1) is 17.2. The van der Waals surface area contributed by atoms with Gasteiger partial charge in [0, 0.05) is 41.1 Å². The Hall–Kier alpha value is -2.44. The van der Waals surface area contributed by atoms with Crippen molar-refractivity contribution in [2.75, 3.05) is 11.9 Å². The molecule has 192 valence electrons. The van der Waals surface area contributed by atoms with Crippen molar-refractivity contribution in [2.45, 2.75) is 63.8 Å². The molecule has 3 aliphatic rings. The molecule has 36 heavy (non-hydrogen) atoms. The summed E-state index contributed by atoms with van der Waals surface area (Å²) in [5, 5.41) is 6.96. The fraction of sp³-hybridized carbons (Fsp3) is 0.552. The highest BCUT2D eigenvalue weighted by Gasteiger charge is 2.52. The first-order valence-corrected chi connectivity index (χ1v) is 13.6. The average Bonchev–Trinajstić information content (AvgIpc) is 3.65. The average molecular weight is 509 g/mol. The van der Waals surface area contributed by atoms with E-state index in [2.05, 4.69) is 29.5 Å². The second kappa shape index (κ2) is 9.79. The van der Waals surface area contributed by atoms with E-state index in [1.807, 2.05) is 36.4 Å². The number of nitrogens with one attached hydrogen (secondary N) is 2. The number of aromatic nitrogens is 1. The third-order valence-electron chi connectivity index (χ3n) is 9.06. The predicted molar refractivity (Wildman–Crippen MR) is 142 cm³/mol. The minimum absolute atomic E-state index is 0.0619. The van der Waals surface area contributed by atoms with Crippen molar-refractivity contribution in [1.82, 2.24) is 10.3 Å². The summed E-state index contributed by atoms with van der Waals surface area (Å²) >= 11 is 6.04.